The number of para-hydroxylation sites is 1. The van der Waals surface area contributed by atoms with Gasteiger partial charge in [-0.1, -0.05) is 35.9 Å². The number of benzene rings is 3. The molecule has 1 aliphatic rings. The van der Waals surface area contributed by atoms with Crippen molar-refractivity contribution in [3.05, 3.63) is 88.3 Å². The summed E-state index contributed by atoms with van der Waals surface area (Å²) in [6.45, 7) is 5.99. The SMILES string of the molecule is CCOC(=O)c1cccc(N=C2SC(=Cc3cccc(OC)c3OCC(=O)Nc3ccc(C)cc3)C(=O)N2CC)c1. The fourth-order valence-corrected chi connectivity index (χ4v) is 5.03. The van der Waals surface area contributed by atoms with E-state index in [1.807, 2.05) is 38.1 Å². The van der Waals surface area contributed by atoms with Gasteiger partial charge < -0.3 is 19.5 Å². The molecule has 1 fully saturated rings. The predicted molar refractivity (Wildman–Crippen MR) is 161 cm³/mol. The van der Waals surface area contributed by atoms with Crippen LogP contribution in [-0.4, -0.2) is 54.7 Å². The van der Waals surface area contributed by atoms with E-state index >= 15 is 0 Å². The number of thioether (sulfide) groups is 1. The van der Waals surface area contributed by atoms with Gasteiger partial charge in [-0.3, -0.25) is 14.5 Å². The second-order valence-electron chi connectivity index (χ2n) is 8.91. The lowest BCUT2D eigenvalue weighted by atomic mass is 10.1. The van der Waals surface area contributed by atoms with Crippen molar-refractivity contribution in [2.45, 2.75) is 20.8 Å². The number of carbonyl (C=O) groups is 3. The molecule has 0 radical (unpaired) electrons. The number of nitrogens with one attached hydrogen (secondary N) is 1. The topological polar surface area (TPSA) is 107 Å². The van der Waals surface area contributed by atoms with Crippen molar-refractivity contribution in [2.24, 2.45) is 4.99 Å². The summed E-state index contributed by atoms with van der Waals surface area (Å²) in [4.78, 5) is 44.7. The van der Waals surface area contributed by atoms with E-state index in [2.05, 4.69) is 10.3 Å². The van der Waals surface area contributed by atoms with E-state index in [1.54, 1.807) is 60.4 Å². The number of hydrogen-bond acceptors (Lipinski definition) is 8. The first kappa shape index (κ1) is 29.4. The van der Waals surface area contributed by atoms with Gasteiger partial charge in [0.1, 0.15) is 0 Å². The maximum absolute atomic E-state index is 13.3. The Hall–Kier alpha value is -4.57. The quantitative estimate of drug-likeness (QED) is 0.241. The van der Waals surface area contributed by atoms with Crippen LogP contribution in [0.25, 0.3) is 6.08 Å². The van der Waals surface area contributed by atoms with Gasteiger partial charge >= 0.3 is 5.97 Å². The van der Waals surface area contributed by atoms with Gasteiger partial charge in [0.05, 0.1) is 29.9 Å². The van der Waals surface area contributed by atoms with E-state index in [0.29, 0.717) is 50.6 Å². The molecule has 3 aromatic rings. The Morgan fingerprint density at radius 3 is 2.51 bits per heavy atom. The van der Waals surface area contributed by atoms with Crippen molar-refractivity contribution >= 4 is 52.2 Å². The maximum atomic E-state index is 13.3. The van der Waals surface area contributed by atoms with Gasteiger partial charge in [0.15, 0.2) is 23.3 Å². The molecule has 0 saturated carbocycles. The number of rotatable bonds is 10. The molecule has 0 spiro atoms. The standard InChI is InChI=1S/C31H31N3O6S/c1-5-34-29(36)26(41-31(34)33-24-11-7-10-22(17-24)30(37)39-6-2)18-21-9-8-12-25(38-4)28(21)40-19-27(35)32-23-15-13-20(3)14-16-23/h7-18H,5-6,19H2,1-4H3,(H,32,35). The van der Waals surface area contributed by atoms with E-state index in [0.717, 1.165) is 5.56 Å². The first-order valence-electron chi connectivity index (χ1n) is 13.1. The van der Waals surface area contributed by atoms with Crippen molar-refractivity contribution in [3.63, 3.8) is 0 Å². The number of aryl methyl sites for hydroxylation is 1. The number of amidine groups is 1. The summed E-state index contributed by atoms with van der Waals surface area (Å²) in [6, 6.07) is 19.5. The number of ether oxygens (including phenoxy) is 3. The number of hydrogen-bond donors (Lipinski definition) is 1. The fraction of sp³-hybridized carbons (Fsp3) is 0.226. The first-order chi connectivity index (χ1) is 19.8. The summed E-state index contributed by atoms with van der Waals surface area (Å²) < 4.78 is 16.5. The third-order valence-electron chi connectivity index (χ3n) is 5.99. The van der Waals surface area contributed by atoms with Gasteiger partial charge in [-0.15, -0.1) is 0 Å². The van der Waals surface area contributed by atoms with Gasteiger partial charge in [0, 0.05) is 17.8 Å². The smallest absolute Gasteiger partial charge is 0.338 e. The number of carbonyl (C=O) groups excluding carboxylic acids is 3. The lowest BCUT2D eigenvalue weighted by molar-refractivity contribution is -0.122. The lowest BCUT2D eigenvalue weighted by Crippen LogP contribution is -2.28. The Morgan fingerprint density at radius 2 is 1.80 bits per heavy atom. The van der Waals surface area contributed by atoms with Crippen LogP contribution < -0.4 is 14.8 Å². The van der Waals surface area contributed by atoms with Crippen LogP contribution in [0.15, 0.2) is 76.6 Å². The maximum Gasteiger partial charge on any atom is 0.338 e. The molecule has 0 aromatic heterocycles. The molecule has 1 aliphatic heterocycles. The molecule has 9 nitrogen and oxygen atoms in total. The normalized spacial score (nSPS) is 14.8. The van der Waals surface area contributed by atoms with Crippen LogP contribution in [-0.2, 0) is 14.3 Å². The molecule has 0 aliphatic carbocycles. The molecule has 1 N–H and O–H groups in total. The van der Waals surface area contributed by atoms with Crippen molar-refractivity contribution in [3.8, 4) is 11.5 Å². The molecule has 10 heteroatoms. The van der Waals surface area contributed by atoms with Crippen LogP contribution >= 0.6 is 11.8 Å². The molecule has 0 bridgehead atoms. The van der Waals surface area contributed by atoms with Gasteiger partial charge in [0.25, 0.3) is 11.8 Å². The zero-order chi connectivity index (χ0) is 29.4. The number of likely N-dealkylation sites (N-methyl/N-ethyl adjacent to an activating group) is 1. The van der Waals surface area contributed by atoms with Crippen molar-refractivity contribution in [1.82, 2.24) is 4.90 Å². The highest BCUT2D eigenvalue weighted by Gasteiger charge is 2.32. The molecule has 4 rings (SSSR count). The third-order valence-corrected chi connectivity index (χ3v) is 6.99. The van der Waals surface area contributed by atoms with Gasteiger partial charge in [0.2, 0.25) is 0 Å². The minimum atomic E-state index is -0.435. The monoisotopic (exact) mass is 573 g/mol. The summed E-state index contributed by atoms with van der Waals surface area (Å²) >= 11 is 1.21. The zero-order valence-electron chi connectivity index (χ0n) is 23.3. The summed E-state index contributed by atoms with van der Waals surface area (Å²) in [7, 11) is 1.51. The van der Waals surface area contributed by atoms with Crippen molar-refractivity contribution in [1.29, 1.82) is 0 Å². The number of methoxy groups -OCH3 is 1. The van der Waals surface area contributed by atoms with Crippen molar-refractivity contribution < 1.29 is 28.6 Å². The highest BCUT2D eigenvalue weighted by molar-refractivity contribution is 8.18. The molecule has 1 heterocycles. The molecule has 3 aromatic carbocycles. The summed E-state index contributed by atoms with van der Waals surface area (Å²) in [6.07, 6.45) is 1.70. The average molecular weight is 574 g/mol. The number of amides is 2. The van der Waals surface area contributed by atoms with Gasteiger partial charge in [-0.2, -0.15) is 0 Å². The van der Waals surface area contributed by atoms with E-state index in [4.69, 9.17) is 14.2 Å². The van der Waals surface area contributed by atoms with E-state index < -0.39 is 5.97 Å². The first-order valence-corrected chi connectivity index (χ1v) is 13.9. The molecule has 0 unspecified atom stereocenters. The van der Waals surface area contributed by atoms with E-state index in [9.17, 15) is 14.4 Å². The number of aliphatic imine (C=N–C) groups is 1. The lowest BCUT2D eigenvalue weighted by Gasteiger charge is -2.14. The molecular formula is C31H31N3O6S. The highest BCUT2D eigenvalue weighted by Crippen LogP contribution is 2.38. The van der Waals surface area contributed by atoms with E-state index in [1.165, 1.54) is 18.9 Å². The van der Waals surface area contributed by atoms with Gasteiger partial charge in [-0.05, 0) is 75.0 Å². The predicted octanol–water partition coefficient (Wildman–Crippen LogP) is 5.82. The van der Waals surface area contributed by atoms with Crippen LogP contribution in [0.4, 0.5) is 11.4 Å². The molecular weight excluding hydrogens is 542 g/mol. The minimum Gasteiger partial charge on any atom is -0.493 e. The Kier molecular flexibility index (Phi) is 9.81. The second-order valence-corrected chi connectivity index (χ2v) is 9.92. The molecule has 2 amide bonds. The zero-order valence-corrected chi connectivity index (χ0v) is 24.1. The van der Waals surface area contributed by atoms with Gasteiger partial charge in [-0.25, -0.2) is 9.79 Å². The van der Waals surface area contributed by atoms with Crippen LogP contribution in [0.1, 0.15) is 35.3 Å². The summed E-state index contributed by atoms with van der Waals surface area (Å²) in [5.41, 5.74) is 3.23. The van der Waals surface area contributed by atoms with E-state index in [-0.39, 0.29) is 25.0 Å². The van der Waals surface area contributed by atoms with Crippen LogP contribution in [0.2, 0.25) is 0 Å². The fourth-order valence-electron chi connectivity index (χ4n) is 3.97. The van der Waals surface area contributed by atoms with Crippen LogP contribution in [0, 0.1) is 6.92 Å². The Bertz CT molecular complexity index is 1500. The Labute approximate surface area is 243 Å². The minimum absolute atomic E-state index is 0.219. The number of anilines is 1. The van der Waals surface area contributed by atoms with Crippen LogP contribution in [0.3, 0.4) is 0 Å². The molecule has 212 valence electrons. The van der Waals surface area contributed by atoms with Crippen molar-refractivity contribution in [2.75, 3.05) is 32.2 Å². The second kappa shape index (κ2) is 13.7. The Balaban J connectivity index is 1.57. The number of esters is 1. The summed E-state index contributed by atoms with van der Waals surface area (Å²) in [5.74, 6) is -0.221. The molecule has 0 atom stereocenters. The van der Waals surface area contributed by atoms with Crippen LogP contribution in [0.5, 0.6) is 11.5 Å². The third kappa shape index (κ3) is 7.34. The average Bonchev–Trinajstić information content (AvgIpc) is 3.26. The summed E-state index contributed by atoms with van der Waals surface area (Å²) in [5, 5.41) is 3.29. The molecule has 1 saturated heterocycles. The Morgan fingerprint density at radius 1 is 1.05 bits per heavy atom. The highest BCUT2D eigenvalue weighted by atomic mass is 32.2. The number of nitrogens with zero attached hydrogens (tertiary/aromatic N) is 2. The largest absolute Gasteiger partial charge is 0.493 e. The molecule has 41 heavy (non-hydrogen) atoms.